The van der Waals surface area contributed by atoms with Crippen LogP contribution in [0.5, 0.6) is 0 Å². The minimum atomic E-state index is 0.112. The van der Waals surface area contributed by atoms with Crippen LogP contribution in [-0.2, 0) is 11.2 Å². The lowest BCUT2D eigenvalue weighted by Crippen LogP contribution is -2.46. The molecule has 5 heteroatoms. The van der Waals surface area contributed by atoms with Crippen LogP contribution in [-0.4, -0.2) is 55.1 Å². The van der Waals surface area contributed by atoms with Crippen molar-refractivity contribution in [2.24, 2.45) is 0 Å². The van der Waals surface area contributed by atoms with Crippen LogP contribution < -0.4 is 10.6 Å². The van der Waals surface area contributed by atoms with Gasteiger partial charge in [-0.05, 0) is 18.6 Å². The van der Waals surface area contributed by atoms with Crippen molar-refractivity contribution in [3.63, 3.8) is 0 Å². The molecule has 0 unspecified atom stereocenters. The molecule has 0 bridgehead atoms. The van der Waals surface area contributed by atoms with Gasteiger partial charge in [0, 0.05) is 57.6 Å². The number of rotatable bonds is 6. The molecule has 1 aliphatic rings. The normalized spacial score (nSPS) is 16.2. The van der Waals surface area contributed by atoms with Gasteiger partial charge in [-0.25, -0.2) is 0 Å². The number of hydrogen-bond acceptors (Lipinski definition) is 4. The summed E-state index contributed by atoms with van der Waals surface area (Å²) in [6, 6.07) is 5.79. The maximum Gasteiger partial charge on any atom is 0.220 e. The van der Waals surface area contributed by atoms with Gasteiger partial charge in [0.2, 0.25) is 5.91 Å². The van der Waals surface area contributed by atoms with E-state index in [1.165, 1.54) is 0 Å². The van der Waals surface area contributed by atoms with Crippen LogP contribution in [0, 0.1) is 0 Å². The highest BCUT2D eigenvalue weighted by molar-refractivity contribution is 5.76. The van der Waals surface area contributed by atoms with Crippen LogP contribution in [0.4, 0.5) is 0 Å². The molecule has 1 saturated heterocycles. The van der Waals surface area contributed by atoms with Crippen molar-refractivity contribution < 1.29 is 4.79 Å². The number of pyridine rings is 1. The molecule has 0 aromatic carbocycles. The number of hydrogen-bond donors (Lipinski definition) is 2. The summed E-state index contributed by atoms with van der Waals surface area (Å²) in [5.41, 5.74) is 0.972. The lowest BCUT2D eigenvalue weighted by atomic mass is 10.2. The number of piperazine rings is 1. The molecule has 0 atom stereocenters. The molecular weight excluding hydrogens is 240 g/mol. The number of nitrogens with one attached hydrogen (secondary N) is 2. The Balaban J connectivity index is 1.57. The van der Waals surface area contributed by atoms with Gasteiger partial charge < -0.3 is 10.6 Å². The fourth-order valence-electron chi connectivity index (χ4n) is 2.16. The molecule has 1 aromatic rings. The lowest BCUT2D eigenvalue weighted by Gasteiger charge is -2.27. The third-order valence-corrected chi connectivity index (χ3v) is 3.29. The van der Waals surface area contributed by atoms with Gasteiger partial charge in [-0.15, -0.1) is 0 Å². The molecule has 2 N–H and O–H groups in total. The zero-order valence-corrected chi connectivity index (χ0v) is 11.3. The predicted octanol–water partition coefficient (Wildman–Crippen LogP) is 0.0356. The summed E-state index contributed by atoms with van der Waals surface area (Å²) >= 11 is 0. The Morgan fingerprint density at radius 1 is 1.37 bits per heavy atom. The lowest BCUT2D eigenvalue weighted by molar-refractivity contribution is -0.121. The Morgan fingerprint density at radius 3 is 2.95 bits per heavy atom. The fourth-order valence-corrected chi connectivity index (χ4v) is 2.16. The van der Waals surface area contributed by atoms with Gasteiger partial charge >= 0.3 is 0 Å². The molecule has 2 rings (SSSR count). The quantitative estimate of drug-likeness (QED) is 0.760. The van der Waals surface area contributed by atoms with Gasteiger partial charge in [0.25, 0.3) is 0 Å². The van der Waals surface area contributed by atoms with Crippen LogP contribution in [0.2, 0.25) is 0 Å². The van der Waals surface area contributed by atoms with E-state index in [1.54, 1.807) is 6.20 Å². The van der Waals surface area contributed by atoms with Crippen molar-refractivity contribution in [1.82, 2.24) is 20.5 Å². The Morgan fingerprint density at radius 2 is 2.21 bits per heavy atom. The van der Waals surface area contributed by atoms with Crippen molar-refractivity contribution >= 4 is 5.91 Å². The third-order valence-electron chi connectivity index (χ3n) is 3.29. The van der Waals surface area contributed by atoms with E-state index in [0.29, 0.717) is 12.8 Å². The van der Waals surface area contributed by atoms with Crippen LogP contribution in [0.25, 0.3) is 0 Å². The zero-order chi connectivity index (χ0) is 13.3. The Hall–Kier alpha value is -1.46. The molecule has 5 nitrogen and oxygen atoms in total. The van der Waals surface area contributed by atoms with E-state index in [9.17, 15) is 4.79 Å². The molecular formula is C14H22N4O. The first-order chi connectivity index (χ1) is 9.34. The molecule has 2 heterocycles. The average molecular weight is 262 g/mol. The van der Waals surface area contributed by atoms with Gasteiger partial charge in [0.15, 0.2) is 0 Å². The van der Waals surface area contributed by atoms with Gasteiger partial charge in [-0.2, -0.15) is 0 Å². The van der Waals surface area contributed by atoms with Crippen molar-refractivity contribution in [3.8, 4) is 0 Å². The smallest absolute Gasteiger partial charge is 0.220 e. The molecule has 0 saturated carbocycles. The van der Waals surface area contributed by atoms with Crippen molar-refractivity contribution in [2.45, 2.75) is 12.8 Å². The summed E-state index contributed by atoms with van der Waals surface area (Å²) in [5.74, 6) is 0.112. The summed E-state index contributed by atoms with van der Waals surface area (Å²) in [6.07, 6.45) is 2.98. The number of carbonyl (C=O) groups is 1. The molecule has 0 aliphatic carbocycles. The van der Waals surface area contributed by atoms with Gasteiger partial charge in [-0.1, -0.05) is 6.07 Å². The second-order valence-electron chi connectivity index (χ2n) is 4.76. The highest BCUT2D eigenvalue weighted by atomic mass is 16.1. The summed E-state index contributed by atoms with van der Waals surface area (Å²) in [4.78, 5) is 18.3. The maximum atomic E-state index is 11.7. The number of aromatic nitrogens is 1. The van der Waals surface area contributed by atoms with Gasteiger partial charge in [0.05, 0.1) is 0 Å². The van der Waals surface area contributed by atoms with Crippen molar-refractivity contribution in [1.29, 1.82) is 0 Å². The van der Waals surface area contributed by atoms with E-state index in [-0.39, 0.29) is 5.91 Å². The topological polar surface area (TPSA) is 57.3 Å². The van der Waals surface area contributed by atoms with Crippen molar-refractivity contribution in [2.75, 3.05) is 39.3 Å². The molecule has 1 fully saturated rings. The Bertz CT molecular complexity index is 376. The number of carbonyl (C=O) groups excluding carboxylic acids is 1. The summed E-state index contributed by atoms with van der Waals surface area (Å²) in [5, 5.41) is 6.29. The zero-order valence-electron chi connectivity index (χ0n) is 11.3. The first kappa shape index (κ1) is 14.0. The standard InChI is InChI=1S/C14H22N4O/c19-14(5-4-13-3-1-2-6-16-13)17-9-12-18-10-7-15-8-11-18/h1-3,6,15H,4-5,7-12H2,(H,17,19). The van der Waals surface area contributed by atoms with E-state index in [1.807, 2.05) is 18.2 Å². The van der Waals surface area contributed by atoms with E-state index in [4.69, 9.17) is 0 Å². The number of amides is 1. The first-order valence-electron chi connectivity index (χ1n) is 6.94. The SMILES string of the molecule is O=C(CCc1ccccn1)NCCN1CCNCC1. The van der Waals surface area contributed by atoms with E-state index < -0.39 is 0 Å². The van der Waals surface area contributed by atoms with Gasteiger partial charge in [0.1, 0.15) is 0 Å². The van der Waals surface area contributed by atoms with E-state index in [0.717, 1.165) is 45.0 Å². The monoisotopic (exact) mass is 262 g/mol. The van der Waals surface area contributed by atoms with Crippen LogP contribution in [0.3, 0.4) is 0 Å². The van der Waals surface area contributed by atoms with E-state index in [2.05, 4.69) is 20.5 Å². The summed E-state index contributed by atoms with van der Waals surface area (Å²) in [7, 11) is 0. The van der Waals surface area contributed by atoms with E-state index >= 15 is 0 Å². The number of aryl methyl sites for hydroxylation is 1. The second kappa shape index (κ2) is 7.86. The summed E-state index contributed by atoms with van der Waals surface area (Å²) < 4.78 is 0. The minimum Gasteiger partial charge on any atom is -0.355 e. The molecule has 1 aliphatic heterocycles. The highest BCUT2D eigenvalue weighted by Gasteiger charge is 2.09. The molecule has 19 heavy (non-hydrogen) atoms. The summed E-state index contributed by atoms with van der Waals surface area (Å²) in [6.45, 7) is 5.92. The molecule has 0 spiro atoms. The maximum absolute atomic E-state index is 11.7. The predicted molar refractivity (Wildman–Crippen MR) is 74.9 cm³/mol. The van der Waals surface area contributed by atoms with Crippen molar-refractivity contribution in [3.05, 3.63) is 30.1 Å². The number of nitrogens with zero attached hydrogens (tertiary/aromatic N) is 2. The second-order valence-corrected chi connectivity index (χ2v) is 4.76. The van der Waals surface area contributed by atoms with Crippen LogP contribution in [0.1, 0.15) is 12.1 Å². The Labute approximate surface area is 114 Å². The first-order valence-corrected chi connectivity index (χ1v) is 6.94. The Kier molecular flexibility index (Phi) is 5.78. The molecule has 104 valence electrons. The largest absolute Gasteiger partial charge is 0.355 e. The van der Waals surface area contributed by atoms with Gasteiger partial charge in [-0.3, -0.25) is 14.7 Å². The molecule has 1 amide bonds. The molecule has 1 aromatic heterocycles. The minimum absolute atomic E-state index is 0.112. The third kappa shape index (κ3) is 5.36. The fraction of sp³-hybridized carbons (Fsp3) is 0.571. The van der Waals surface area contributed by atoms with Crippen LogP contribution in [0.15, 0.2) is 24.4 Å². The molecule has 0 radical (unpaired) electrons. The van der Waals surface area contributed by atoms with Crippen LogP contribution >= 0.6 is 0 Å². The highest BCUT2D eigenvalue weighted by Crippen LogP contribution is 1.98. The average Bonchev–Trinajstić information content (AvgIpc) is 2.47.